The number of esters is 2. The van der Waals surface area contributed by atoms with Crippen LogP contribution in [0.2, 0.25) is 0 Å². The van der Waals surface area contributed by atoms with E-state index in [9.17, 15) is 33.7 Å². The minimum Gasteiger partial charge on any atom is -0.508 e. The summed E-state index contributed by atoms with van der Waals surface area (Å²) in [5.74, 6) is -0.570. The second-order valence-corrected chi connectivity index (χ2v) is 31.8. The number of benzene rings is 2. The highest BCUT2D eigenvalue weighted by molar-refractivity contribution is 7.47. The van der Waals surface area contributed by atoms with Crippen molar-refractivity contribution in [2.75, 3.05) is 158 Å². The molecule has 2 aromatic rings. The van der Waals surface area contributed by atoms with E-state index in [0.717, 1.165) is 69.0 Å². The quantitative estimate of drug-likeness (QED) is 0.0272. The molecule has 0 bridgehead atoms. The second kappa shape index (κ2) is 76.5. The molecule has 0 spiro atoms. The topological polar surface area (TPSA) is 273 Å². The summed E-state index contributed by atoms with van der Waals surface area (Å²) in [6.07, 6.45) is 40.6. The molecule has 0 heterocycles. The van der Waals surface area contributed by atoms with Crippen LogP contribution in [-0.4, -0.2) is 215 Å². The third kappa shape index (κ3) is 65.5. The lowest BCUT2D eigenvalue weighted by atomic mass is 9.86. The molecule has 4 N–H and O–H groups in total. The molecule has 2 aromatic carbocycles. The molecule has 2 rings (SSSR count). The zero-order valence-electron chi connectivity index (χ0n) is 71.6. The average molecular weight is 1620 g/mol. The summed E-state index contributed by atoms with van der Waals surface area (Å²) in [5.41, 5.74) is 3.16. The van der Waals surface area contributed by atoms with Gasteiger partial charge in [0.05, 0.1) is 132 Å². The molecule has 0 saturated heterocycles. The number of hydrogen-bond donors (Lipinski definition) is 4. The van der Waals surface area contributed by atoms with Gasteiger partial charge in [0.2, 0.25) is 11.8 Å². The third-order valence-electron chi connectivity index (χ3n) is 19.9. The van der Waals surface area contributed by atoms with E-state index in [0.29, 0.717) is 175 Å². The highest BCUT2D eigenvalue weighted by atomic mass is 31.2. The summed E-state index contributed by atoms with van der Waals surface area (Å²) in [4.78, 5) is 63.6. The van der Waals surface area contributed by atoms with E-state index in [1.54, 1.807) is 6.07 Å². The predicted molar refractivity (Wildman–Crippen MR) is 450 cm³/mol. The number of unbranched alkanes of at least 4 members (excludes halogenated alkanes) is 30. The van der Waals surface area contributed by atoms with Gasteiger partial charge in [-0.3, -0.25) is 33.1 Å². The van der Waals surface area contributed by atoms with Gasteiger partial charge < -0.3 is 72.7 Å². The van der Waals surface area contributed by atoms with E-state index in [1.807, 2.05) is 24.3 Å². The zero-order valence-corrected chi connectivity index (χ0v) is 72.5. The molecule has 24 heteroatoms. The number of rotatable bonds is 85. The fraction of sp³-hybridized carbons (Fsp3) is 0.820. The number of nitrogens with one attached hydrogen (secondary N) is 2. The minimum absolute atomic E-state index is 0.0000328. The van der Waals surface area contributed by atoms with E-state index in [2.05, 4.69) is 75.3 Å². The van der Waals surface area contributed by atoms with Crippen LogP contribution in [0.5, 0.6) is 5.75 Å². The van der Waals surface area contributed by atoms with E-state index in [4.69, 9.17) is 61.2 Å². The molecule has 113 heavy (non-hydrogen) atoms. The first-order valence-corrected chi connectivity index (χ1v) is 46.0. The van der Waals surface area contributed by atoms with Gasteiger partial charge in [-0.25, -0.2) is 4.57 Å². The number of phenols is 1. The third-order valence-corrected chi connectivity index (χ3v) is 20.8. The Morgan fingerprint density at radius 3 is 1.17 bits per heavy atom. The van der Waals surface area contributed by atoms with E-state index in [-0.39, 0.29) is 63.6 Å². The Hall–Kier alpha value is -4.17. The molecule has 1 unspecified atom stereocenters. The lowest BCUT2D eigenvalue weighted by molar-refractivity contribution is -0.161. The minimum atomic E-state index is -4.56. The van der Waals surface area contributed by atoms with Crippen LogP contribution < -0.4 is 10.6 Å². The maximum atomic E-state index is 12.9. The predicted octanol–water partition coefficient (Wildman–Crippen LogP) is 18.0. The van der Waals surface area contributed by atoms with Crippen LogP contribution >= 0.6 is 7.82 Å². The highest BCUT2D eigenvalue weighted by Gasteiger charge is 2.27. The number of nitrogens with zero attached hydrogens (tertiary/aromatic N) is 1. The molecule has 0 fully saturated rings. The first-order chi connectivity index (χ1) is 55.1. The number of phenolic OH excluding ortho intramolecular Hbond substituents is 1. The fourth-order valence-corrected chi connectivity index (χ4v) is 14.1. The van der Waals surface area contributed by atoms with Crippen molar-refractivity contribution in [2.24, 2.45) is 0 Å². The number of carbonyl (C=O) groups excluding carboxylic acids is 4. The Labute approximate surface area is 684 Å². The molecule has 0 radical (unpaired) electrons. The Bertz CT molecular complexity index is 2550. The second-order valence-electron chi connectivity index (χ2n) is 30.4. The van der Waals surface area contributed by atoms with Gasteiger partial charge in [-0.2, -0.15) is 0 Å². The molecular weight excluding hydrogens is 1460 g/mol. The van der Waals surface area contributed by atoms with Crippen LogP contribution in [0.15, 0.2) is 48.5 Å². The van der Waals surface area contributed by atoms with Gasteiger partial charge in [0, 0.05) is 62.3 Å². The maximum Gasteiger partial charge on any atom is 0.472 e. The lowest BCUT2D eigenvalue weighted by Gasteiger charge is -2.32. The van der Waals surface area contributed by atoms with Crippen molar-refractivity contribution in [3.05, 3.63) is 65.2 Å². The van der Waals surface area contributed by atoms with Gasteiger partial charge in [-0.15, -0.1) is 0 Å². The van der Waals surface area contributed by atoms with Gasteiger partial charge in [0.25, 0.3) is 0 Å². The largest absolute Gasteiger partial charge is 0.508 e. The number of ether oxygens (including phenoxy) is 11. The number of phosphoric acid groups is 1. The highest BCUT2D eigenvalue weighted by Crippen LogP contribution is 2.43. The maximum absolute atomic E-state index is 12.9. The summed E-state index contributed by atoms with van der Waals surface area (Å²) in [7, 11) is -4.56. The molecule has 23 nitrogen and oxygen atoms in total. The van der Waals surface area contributed by atoms with Crippen LogP contribution in [0, 0.1) is 0 Å². The Morgan fingerprint density at radius 1 is 0.407 bits per heavy atom. The number of hydrogen-bond acceptors (Lipinski definition) is 20. The van der Waals surface area contributed by atoms with Crippen molar-refractivity contribution in [2.45, 2.75) is 316 Å². The van der Waals surface area contributed by atoms with Crippen LogP contribution in [0.4, 0.5) is 0 Å². The average Bonchev–Trinajstić information content (AvgIpc) is 0.817. The van der Waals surface area contributed by atoms with Crippen LogP contribution in [0.25, 0.3) is 0 Å². The monoisotopic (exact) mass is 1620 g/mol. The van der Waals surface area contributed by atoms with Crippen LogP contribution in [-0.2, 0) is 91.3 Å². The van der Waals surface area contributed by atoms with Crippen molar-refractivity contribution in [1.29, 1.82) is 0 Å². The molecule has 0 aliphatic heterocycles. The Kier molecular flexibility index (Phi) is 71.0. The number of amides is 2. The van der Waals surface area contributed by atoms with Crippen molar-refractivity contribution < 1.29 is 94.9 Å². The molecule has 0 aromatic heterocycles. The normalized spacial score (nSPS) is 12.8. The van der Waals surface area contributed by atoms with E-state index in [1.165, 1.54) is 147 Å². The van der Waals surface area contributed by atoms with E-state index >= 15 is 0 Å². The van der Waals surface area contributed by atoms with Gasteiger partial charge in [0.1, 0.15) is 12.4 Å². The summed E-state index contributed by atoms with van der Waals surface area (Å²) in [6, 6.07) is 17.0. The first-order valence-electron chi connectivity index (χ1n) is 44.5. The SMILES string of the molecule is CCCCCCCCCCCCCCCCCC(=O)OC[C@H](COP(=O)(O)OCCOCCOCCOCCOCCOCCOCCOCCOCCOCCNC(=O)CCCCCC(=O)NCCc1ccc(O)c([C@H](CCN(C(C)C)C(C)C)c2ccccc2)c1)OC(=O)CCCCCCCCCCCCCCCCC. The Balaban J connectivity index is 1.40. The van der Waals surface area contributed by atoms with Gasteiger partial charge >= 0.3 is 19.8 Å². The standard InChI is InChI=1S/C89H160N3O20P/c1-7-9-11-13-15-17-19-21-23-25-27-29-31-33-41-47-88(96)109-76-82(112-89(97)48-42-34-32-30-28-26-24-22-20-18-16-14-12-10-8-2)77-111-113(98,99)110-74-73-108-72-71-107-70-69-106-68-67-105-66-65-104-64-63-103-62-61-102-60-59-101-58-57-100-56-54-91-87(95)46-40-36-39-45-86(94)90-53-51-80-49-50-85(93)84(75-80)83(81-43-37-35-38-44-81)52-55-92(78(3)4)79(5)6/h35,37-38,43-44,49-50,75,78-79,82-83,93H,7-34,36,39-42,45-48,51-74,76-77H2,1-6H3,(H,90,94)(H,91,95)(H,98,99)/t82-,83-/m1/s1. The summed E-state index contributed by atoms with van der Waals surface area (Å²) in [5, 5.41) is 17.0. The summed E-state index contributed by atoms with van der Waals surface area (Å²) in [6.45, 7) is 20.9. The zero-order chi connectivity index (χ0) is 81.8. The molecular formula is C89H160N3O20P. The summed E-state index contributed by atoms with van der Waals surface area (Å²) < 4.78 is 84.3. The van der Waals surface area contributed by atoms with Crippen molar-refractivity contribution >= 4 is 31.6 Å². The van der Waals surface area contributed by atoms with E-state index < -0.39 is 32.5 Å². The molecule has 0 aliphatic rings. The summed E-state index contributed by atoms with van der Waals surface area (Å²) >= 11 is 0. The van der Waals surface area contributed by atoms with Crippen LogP contribution in [0.3, 0.4) is 0 Å². The first kappa shape index (κ1) is 105. The van der Waals surface area contributed by atoms with Crippen molar-refractivity contribution in [1.82, 2.24) is 15.5 Å². The Morgan fingerprint density at radius 2 is 0.761 bits per heavy atom. The number of carbonyl (C=O) groups is 4. The number of aromatic hydroxyl groups is 1. The molecule has 656 valence electrons. The molecule has 3 atom stereocenters. The van der Waals surface area contributed by atoms with Gasteiger partial charge in [-0.1, -0.05) is 243 Å². The van der Waals surface area contributed by atoms with Crippen molar-refractivity contribution in [3.63, 3.8) is 0 Å². The molecule has 2 amide bonds. The smallest absolute Gasteiger partial charge is 0.472 e. The fourth-order valence-electron chi connectivity index (χ4n) is 13.3. The van der Waals surface area contributed by atoms with Gasteiger partial charge in [0.15, 0.2) is 6.10 Å². The molecule has 0 saturated carbocycles. The van der Waals surface area contributed by atoms with Gasteiger partial charge in [-0.05, 0) is 90.0 Å². The van der Waals surface area contributed by atoms with Crippen molar-refractivity contribution in [3.8, 4) is 5.75 Å². The molecule has 0 aliphatic carbocycles. The lowest BCUT2D eigenvalue weighted by Crippen LogP contribution is -2.38. The van der Waals surface area contributed by atoms with Crippen LogP contribution in [0.1, 0.15) is 308 Å². The number of phosphoric ester groups is 1.